The molecule has 0 atom stereocenters. The molecule has 0 aromatic carbocycles. The third kappa shape index (κ3) is 1.55. The molecule has 0 amide bonds. The summed E-state index contributed by atoms with van der Waals surface area (Å²) in [4.78, 5) is 0. The van der Waals surface area contributed by atoms with Gasteiger partial charge in [-0.3, -0.25) is 0 Å². The van der Waals surface area contributed by atoms with E-state index in [4.69, 9.17) is 0 Å². The Morgan fingerprint density at radius 1 is 0.529 bits per heavy atom. The van der Waals surface area contributed by atoms with E-state index in [1.54, 1.807) is 0 Å². The Balaban J connectivity index is 3.44. The second-order valence-electron chi connectivity index (χ2n) is 7.12. The van der Waals surface area contributed by atoms with Crippen LogP contribution in [0.5, 0.6) is 0 Å². The van der Waals surface area contributed by atoms with E-state index in [0.29, 0.717) is 0 Å². The van der Waals surface area contributed by atoms with E-state index in [9.17, 15) is 0 Å². The van der Waals surface area contributed by atoms with Gasteiger partial charge in [-0.15, -0.1) is 0 Å². The van der Waals surface area contributed by atoms with Crippen LogP contribution in [0.2, 0.25) is 74.0 Å². The monoisotopic (exact) mass is 314 g/mol. The number of hydrogen-bond acceptors (Lipinski definition) is 0. The zero-order valence-corrected chi connectivity index (χ0v) is 18.5. The van der Waals surface area contributed by atoms with Gasteiger partial charge in [-0.1, -0.05) is 65.5 Å². The lowest BCUT2D eigenvalue weighted by Crippen LogP contribution is -2.39. The minimum absolute atomic E-state index is 0.143. The van der Waals surface area contributed by atoms with Crippen molar-refractivity contribution in [1.29, 1.82) is 0 Å². The Bertz CT molecular complexity index is 249. The fourth-order valence-electron chi connectivity index (χ4n) is 5.88. The van der Waals surface area contributed by atoms with E-state index in [1.807, 2.05) is 0 Å². The van der Waals surface area contributed by atoms with Gasteiger partial charge in [0, 0.05) is 43.3 Å². The highest BCUT2D eigenvalue weighted by atomic mass is 28.5. The van der Waals surface area contributed by atoms with Crippen molar-refractivity contribution < 1.29 is 0 Å². The van der Waals surface area contributed by atoms with Crippen molar-refractivity contribution in [2.45, 2.75) is 74.0 Å². The number of hydrogen-bond donors (Lipinski definition) is 0. The lowest BCUT2D eigenvalue weighted by Gasteiger charge is -2.36. The van der Waals surface area contributed by atoms with E-state index in [2.05, 4.69) is 65.5 Å². The summed E-state index contributed by atoms with van der Waals surface area (Å²) in [6.07, 6.45) is 0. The molecule has 0 nitrogen and oxygen atoms in total. The van der Waals surface area contributed by atoms with Crippen LogP contribution in [0, 0.1) is 0 Å². The third-order valence-corrected chi connectivity index (χ3v) is 38.6. The van der Waals surface area contributed by atoms with E-state index in [0.717, 1.165) is 8.57 Å². The highest BCUT2D eigenvalue weighted by Gasteiger charge is 2.85. The molecule has 0 aromatic rings. The van der Waals surface area contributed by atoms with Gasteiger partial charge in [0.1, 0.15) is 0 Å². The molecule has 4 radical (unpaired) electrons. The van der Waals surface area contributed by atoms with Crippen molar-refractivity contribution in [3.63, 3.8) is 0 Å². The standard InChI is InChI=1S/C12H30Si5/c1-13(2)11(14(3)4)12(15(5)6,16(7)8)17(11,9)10/h1-10H3. The Hall–Kier alpha value is 1.08. The predicted octanol–water partition coefficient (Wildman–Crippen LogP) is 4.36. The van der Waals surface area contributed by atoms with Crippen LogP contribution in [0.4, 0.5) is 0 Å². The van der Waals surface area contributed by atoms with Crippen LogP contribution in [0.3, 0.4) is 0 Å². The van der Waals surface area contributed by atoms with Crippen LogP contribution < -0.4 is 0 Å². The van der Waals surface area contributed by atoms with Gasteiger partial charge < -0.3 is 0 Å². The van der Waals surface area contributed by atoms with Crippen LogP contribution >= 0.6 is 0 Å². The van der Waals surface area contributed by atoms with Crippen LogP contribution in [-0.2, 0) is 0 Å². The van der Waals surface area contributed by atoms with Crippen LogP contribution in [0.15, 0.2) is 0 Å². The van der Waals surface area contributed by atoms with Crippen molar-refractivity contribution in [2.24, 2.45) is 0 Å². The minimum Gasteiger partial charge on any atom is -0.0713 e. The van der Waals surface area contributed by atoms with Gasteiger partial charge in [0.05, 0.1) is 0 Å². The molecule has 1 heterocycles. The smallest absolute Gasteiger partial charge is 0.0478 e. The van der Waals surface area contributed by atoms with Gasteiger partial charge in [-0.25, -0.2) is 0 Å². The van der Waals surface area contributed by atoms with E-state index >= 15 is 0 Å². The molecule has 0 N–H and O–H groups in total. The fraction of sp³-hybridized carbons (Fsp3) is 1.00. The maximum atomic E-state index is 2.76. The molecule has 1 aliphatic rings. The van der Waals surface area contributed by atoms with Gasteiger partial charge in [0.15, 0.2) is 0 Å². The lowest BCUT2D eigenvalue weighted by atomic mass is 10.9. The summed E-state index contributed by atoms with van der Waals surface area (Å²) < 4.78 is 1.87. The first kappa shape index (κ1) is 16.1. The van der Waals surface area contributed by atoms with Crippen molar-refractivity contribution >= 4 is 43.3 Å². The summed E-state index contributed by atoms with van der Waals surface area (Å²) in [6.45, 7) is 26.6. The minimum atomic E-state index is -0.992. The van der Waals surface area contributed by atoms with Crippen LogP contribution in [0.1, 0.15) is 0 Å². The normalized spacial score (nSPS) is 25.1. The average Bonchev–Trinajstić information content (AvgIpc) is 2.58. The molecule has 5 heteroatoms. The SMILES string of the molecule is C[Si](C)C1([Si](C)C)C([Si](C)C)([Si](C)C)[Si]1(C)C. The second-order valence-corrected chi connectivity index (χ2v) is 25.9. The molecule has 98 valence electrons. The van der Waals surface area contributed by atoms with Crippen LogP contribution in [0.25, 0.3) is 0 Å². The molecule has 1 aliphatic heterocycles. The molecule has 0 aliphatic carbocycles. The predicted molar refractivity (Wildman–Crippen MR) is 92.8 cm³/mol. The Kier molecular flexibility index (Phi) is 4.34. The number of rotatable bonds is 4. The van der Waals surface area contributed by atoms with Gasteiger partial charge >= 0.3 is 0 Å². The molecule has 0 saturated carbocycles. The first-order valence-corrected chi connectivity index (χ1v) is 19.8. The molecule has 1 saturated heterocycles. The van der Waals surface area contributed by atoms with Gasteiger partial charge in [0.2, 0.25) is 0 Å². The lowest BCUT2D eigenvalue weighted by molar-refractivity contribution is 1.10. The summed E-state index contributed by atoms with van der Waals surface area (Å²) >= 11 is 0. The van der Waals surface area contributed by atoms with Crippen molar-refractivity contribution in [3.8, 4) is 0 Å². The van der Waals surface area contributed by atoms with E-state index < -0.39 is 8.07 Å². The molecule has 0 unspecified atom stereocenters. The first-order chi connectivity index (χ1) is 7.52. The third-order valence-electron chi connectivity index (χ3n) is 5.38. The van der Waals surface area contributed by atoms with E-state index in [-0.39, 0.29) is 35.2 Å². The van der Waals surface area contributed by atoms with Crippen LogP contribution in [-0.4, -0.2) is 43.3 Å². The Labute approximate surface area is 117 Å². The summed E-state index contributed by atoms with van der Waals surface area (Å²) in [5.41, 5.74) is 0. The average molecular weight is 315 g/mol. The molecule has 0 spiro atoms. The maximum absolute atomic E-state index is 2.76. The summed E-state index contributed by atoms with van der Waals surface area (Å²) in [5.74, 6) is 0. The Morgan fingerprint density at radius 2 is 0.706 bits per heavy atom. The highest BCUT2D eigenvalue weighted by molar-refractivity contribution is 7.30. The largest absolute Gasteiger partial charge is 0.0713 e. The highest BCUT2D eigenvalue weighted by Crippen LogP contribution is 2.85. The van der Waals surface area contributed by atoms with Gasteiger partial charge in [-0.05, 0) is 8.57 Å². The molecular formula is C12H30Si5. The molecule has 0 bridgehead atoms. The molecule has 17 heavy (non-hydrogen) atoms. The topological polar surface area (TPSA) is 0 Å². The summed E-state index contributed by atoms with van der Waals surface area (Å²) in [7, 11) is -1.56. The van der Waals surface area contributed by atoms with Crippen molar-refractivity contribution in [3.05, 3.63) is 0 Å². The van der Waals surface area contributed by atoms with Crippen molar-refractivity contribution in [1.82, 2.24) is 0 Å². The van der Waals surface area contributed by atoms with Crippen molar-refractivity contribution in [2.75, 3.05) is 0 Å². The summed E-state index contributed by atoms with van der Waals surface area (Å²) in [5, 5.41) is 0. The maximum Gasteiger partial charge on any atom is 0.0478 e. The molecule has 1 fully saturated rings. The van der Waals surface area contributed by atoms with E-state index in [1.165, 1.54) is 0 Å². The van der Waals surface area contributed by atoms with Gasteiger partial charge in [0.25, 0.3) is 0 Å². The first-order valence-electron chi connectivity index (χ1n) is 6.75. The second kappa shape index (κ2) is 4.57. The molecule has 0 aromatic heterocycles. The quantitative estimate of drug-likeness (QED) is 0.676. The molecular weight excluding hydrogens is 285 g/mol. The zero-order valence-electron chi connectivity index (χ0n) is 13.5. The molecule has 1 rings (SSSR count). The Morgan fingerprint density at radius 3 is 0.765 bits per heavy atom. The summed E-state index contributed by atoms with van der Waals surface area (Å²) in [6, 6.07) is 0. The van der Waals surface area contributed by atoms with Gasteiger partial charge in [-0.2, -0.15) is 0 Å². The fourth-order valence-corrected chi connectivity index (χ4v) is 55.1. The zero-order chi connectivity index (χ0) is 13.8.